The lowest BCUT2D eigenvalue weighted by molar-refractivity contribution is -0.151. The zero-order chi connectivity index (χ0) is 30.8. The molecular weight excluding hydrogens is 542 g/mol. The molecule has 0 amide bonds. The van der Waals surface area contributed by atoms with Gasteiger partial charge in [-0.25, -0.2) is 23.4 Å². The van der Waals surface area contributed by atoms with Crippen molar-refractivity contribution in [3.8, 4) is 22.8 Å². The molecule has 4 rings (SSSR count). The molecule has 0 radical (unpaired) electrons. The molecule has 2 atom stereocenters. The first-order valence-corrected chi connectivity index (χ1v) is 14.2. The second-order valence-corrected chi connectivity index (χ2v) is 11.6. The first-order chi connectivity index (χ1) is 19.8. The van der Waals surface area contributed by atoms with Crippen molar-refractivity contribution in [3.63, 3.8) is 0 Å². The highest BCUT2D eigenvalue weighted by molar-refractivity contribution is 5.92. The Morgan fingerprint density at radius 2 is 1.79 bits per heavy atom. The highest BCUT2D eigenvalue weighted by Crippen LogP contribution is 2.50. The Morgan fingerprint density at radius 3 is 2.38 bits per heavy atom. The van der Waals surface area contributed by atoms with Crippen molar-refractivity contribution in [2.75, 3.05) is 7.11 Å². The maximum atomic E-state index is 15.6. The van der Waals surface area contributed by atoms with Gasteiger partial charge in [0.05, 0.1) is 12.7 Å². The van der Waals surface area contributed by atoms with Crippen molar-refractivity contribution < 1.29 is 33.0 Å². The zero-order valence-electron chi connectivity index (χ0n) is 24.9. The molecule has 1 aromatic heterocycles. The first kappa shape index (κ1) is 31.1. The van der Waals surface area contributed by atoms with Crippen LogP contribution in [0, 0.1) is 11.7 Å². The lowest BCUT2D eigenvalue weighted by Crippen LogP contribution is -2.38. The third kappa shape index (κ3) is 6.78. The summed E-state index contributed by atoms with van der Waals surface area (Å²) in [6, 6.07) is 12.8. The van der Waals surface area contributed by atoms with Gasteiger partial charge in [-0.1, -0.05) is 12.1 Å². The molecule has 0 spiro atoms. The summed E-state index contributed by atoms with van der Waals surface area (Å²) in [6.45, 7) is 9.79. The Hall–Kier alpha value is -3.85. The number of ether oxygens (including phenoxy) is 2. The topological polar surface area (TPSA) is 89.0 Å². The Bertz CT molecular complexity index is 1440. The van der Waals surface area contributed by atoms with Gasteiger partial charge in [-0.05, 0) is 106 Å². The van der Waals surface area contributed by atoms with Gasteiger partial charge >= 0.3 is 11.9 Å². The van der Waals surface area contributed by atoms with Crippen LogP contribution in [0.3, 0.4) is 0 Å². The minimum absolute atomic E-state index is 0.0826. The molecule has 1 heterocycles. The minimum atomic E-state index is -2.49. The van der Waals surface area contributed by atoms with Gasteiger partial charge in [-0.15, -0.1) is 0 Å². The molecule has 0 saturated heterocycles. The van der Waals surface area contributed by atoms with Gasteiger partial charge in [0.1, 0.15) is 11.6 Å². The number of esters is 1. The number of alkyl halides is 1. The van der Waals surface area contributed by atoms with Crippen molar-refractivity contribution in [3.05, 3.63) is 77.2 Å². The van der Waals surface area contributed by atoms with E-state index in [1.165, 1.54) is 31.4 Å². The van der Waals surface area contributed by atoms with Crippen LogP contribution in [0.15, 0.2) is 54.7 Å². The van der Waals surface area contributed by atoms with Gasteiger partial charge in [0.15, 0.2) is 0 Å². The summed E-state index contributed by atoms with van der Waals surface area (Å²) in [7, 11) is 1.50. The summed E-state index contributed by atoms with van der Waals surface area (Å²) in [6.07, 6.45) is 3.01. The Balaban J connectivity index is 1.71. The SMILES string of the molecule is COc1cc(-c2cc(F)c(C(=O)Oc3cccc([C@H](C4CC4)[C@@](C)(F)C(=O)O)c3)cc2CN(C(C)C)C(C)C)ccn1. The summed E-state index contributed by atoms with van der Waals surface area (Å²) in [4.78, 5) is 31.4. The number of hydrogen-bond donors (Lipinski definition) is 1. The van der Waals surface area contributed by atoms with E-state index in [4.69, 9.17) is 9.47 Å². The zero-order valence-corrected chi connectivity index (χ0v) is 24.9. The molecule has 9 heteroatoms. The second-order valence-electron chi connectivity index (χ2n) is 11.6. The number of pyridine rings is 1. The normalized spacial score (nSPS) is 15.5. The van der Waals surface area contributed by atoms with Crippen LogP contribution in [-0.4, -0.2) is 51.8 Å². The average Bonchev–Trinajstić information content (AvgIpc) is 3.76. The van der Waals surface area contributed by atoms with Crippen LogP contribution in [-0.2, 0) is 11.3 Å². The van der Waals surface area contributed by atoms with Crippen LogP contribution < -0.4 is 9.47 Å². The molecule has 0 aliphatic heterocycles. The van der Waals surface area contributed by atoms with Gasteiger partial charge in [-0.2, -0.15) is 0 Å². The van der Waals surface area contributed by atoms with Gasteiger partial charge in [-0.3, -0.25) is 4.90 Å². The van der Waals surface area contributed by atoms with E-state index in [-0.39, 0.29) is 29.3 Å². The van der Waals surface area contributed by atoms with Crippen LogP contribution in [0.25, 0.3) is 11.1 Å². The molecule has 2 aromatic carbocycles. The first-order valence-electron chi connectivity index (χ1n) is 14.2. The molecular formula is C33H38F2N2O5. The third-order valence-corrected chi connectivity index (χ3v) is 7.87. The van der Waals surface area contributed by atoms with Gasteiger partial charge < -0.3 is 14.6 Å². The number of carbonyl (C=O) groups is 2. The van der Waals surface area contributed by atoms with Crippen LogP contribution in [0.2, 0.25) is 0 Å². The predicted octanol–water partition coefficient (Wildman–Crippen LogP) is 7.04. The maximum Gasteiger partial charge on any atom is 0.346 e. The smallest absolute Gasteiger partial charge is 0.346 e. The number of aliphatic carboxylic acids is 1. The van der Waals surface area contributed by atoms with Crippen LogP contribution in [0.5, 0.6) is 11.6 Å². The number of nitrogens with zero attached hydrogens (tertiary/aromatic N) is 2. The summed E-state index contributed by atoms with van der Waals surface area (Å²) in [5.41, 5.74) is -0.309. The van der Waals surface area contributed by atoms with E-state index in [0.717, 1.165) is 25.3 Å². The predicted molar refractivity (Wildman–Crippen MR) is 156 cm³/mol. The molecule has 0 bridgehead atoms. The third-order valence-electron chi connectivity index (χ3n) is 7.87. The van der Waals surface area contributed by atoms with Gasteiger partial charge in [0.25, 0.3) is 0 Å². The molecule has 0 unspecified atom stereocenters. The van der Waals surface area contributed by atoms with E-state index in [2.05, 4.69) is 37.6 Å². The van der Waals surface area contributed by atoms with Crippen molar-refractivity contribution in [1.82, 2.24) is 9.88 Å². The number of benzene rings is 2. The molecule has 1 saturated carbocycles. The summed E-state index contributed by atoms with van der Waals surface area (Å²) >= 11 is 0. The maximum absolute atomic E-state index is 15.6. The van der Waals surface area contributed by atoms with Gasteiger partial charge in [0, 0.05) is 36.8 Å². The lowest BCUT2D eigenvalue weighted by atomic mass is 9.81. The Morgan fingerprint density at radius 1 is 1.10 bits per heavy atom. The standard InChI is InChI=1S/C33H38F2N2O5/c1-19(2)37(20(3)4)18-24-15-27(28(34)17-26(24)22-12-13-36-29(16-22)41-6)31(38)42-25-9-7-8-23(14-25)30(21-10-11-21)33(5,35)32(39)40/h7-9,12-17,19-21,30H,10-11,18H2,1-6H3,(H,39,40)/t30-,33+/m0/s1. The quantitative estimate of drug-likeness (QED) is 0.182. The average molecular weight is 581 g/mol. The van der Waals surface area contributed by atoms with E-state index in [1.807, 2.05) is 0 Å². The molecule has 1 N–H and O–H groups in total. The molecule has 224 valence electrons. The molecule has 1 fully saturated rings. The lowest BCUT2D eigenvalue weighted by Gasteiger charge is -2.31. The fraction of sp³-hybridized carbons (Fsp3) is 0.424. The molecule has 1 aliphatic rings. The van der Waals surface area contributed by atoms with E-state index < -0.39 is 29.3 Å². The number of carbonyl (C=O) groups excluding carboxylic acids is 1. The highest BCUT2D eigenvalue weighted by atomic mass is 19.1. The molecule has 42 heavy (non-hydrogen) atoms. The summed E-state index contributed by atoms with van der Waals surface area (Å²) in [5.74, 6) is -3.76. The van der Waals surface area contributed by atoms with Crippen LogP contribution in [0.1, 0.15) is 74.9 Å². The van der Waals surface area contributed by atoms with Crippen LogP contribution >= 0.6 is 0 Å². The summed E-state index contributed by atoms with van der Waals surface area (Å²) < 4.78 is 41.7. The van der Waals surface area contributed by atoms with Crippen molar-refractivity contribution >= 4 is 11.9 Å². The van der Waals surface area contributed by atoms with Crippen molar-refractivity contribution in [2.24, 2.45) is 5.92 Å². The second kappa shape index (κ2) is 12.6. The number of carboxylic acid groups (broad SMARTS) is 1. The van der Waals surface area contributed by atoms with Crippen molar-refractivity contribution in [2.45, 2.75) is 77.7 Å². The number of carboxylic acids is 1. The molecule has 1 aliphatic carbocycles. The Kier molecular flexibility index (Phi) is 9.30. The number of aromatic nitrogens is 1. The fourth-order valence-corrected chi connectivity index (χ4v) is 5.54. The van der Waals surface area contributed by atoms with E-state index in [1.54, 1.807) is 30.5 Å². The molecule has 3 aromatic rings. The molecule has 7 nitrogen and oxygen atoms in total. The van der Waals surface area contributed by atoms with Crippen molar-refractivity contribution in [1.29, 1.82) is 0 Å². The number of methoxy groups -OCH3 is 1. The summed E-state index contributed by atoms with van der Waals surface area (Å²) in [5, 5.41) is 9.52. The van der Waals surface area contributed by atoms with E-state index in [0.29, 0.717) is 29.1 Å². The fourth-order valence-electron chi connectivity index (χ4n) is 5.54. The van der Waals surface area contributed by atoms with Gasteiger partial charge in [0.2, 0.25) is 11.5 Å². The van der Waals surface area contributed by atoms with E-state index in [9.17, 15) is 14.7 Å². The van der Waals surface area contributed by atoms with E-state index >= 15 is 8.78 Å². The number of hydrogen-bond acceptors (Lipinski definition) is 6. The number of rotatable bonds is 12. The monoisotopic (exact) mass is 580 g/mol. The minimum Gasteiger partial charge on any atom is -0.481 e. The number of halogens is 2. The largest absolute Gasteiger partial charge is 0.481 e. The Labute approximate surface area is 245 Å². The van der Waals surface area contributed by atoms with Crippen LogP contribution in [0.4, 0.5) is 8.78 Å². The highest BCUT2D eigenvalue weighted by Gasteiger charge is 2.50.